The molecule has 9 unspecified atom stereocenters. The first-order valence-electron chi connectivity index (χ1n) is 20.0. The summed E-state index contributed by atoms with van der Waals surface area (Å²) >= 11 is 0. The van der Waals surface area contributed by atoms with Gasteiger partial charge in [0, 0.05) is 12.8 Å². The molecule has 1 aromatic heterocycles. The Labute approximate surface area is 333 Å². The fourth-order valence-corrected chi connectivity index (χ4v) is 10.5. The van der Waals surface area contributed by atoms with E-state index in [1.807, 2.05) is 4.72 Å². The second-order valence-electron chi connectivity index (χ2n) is 18.0. The van der Waals surface area contributed by atoms with E-state index in [1.165, 1.54) is 0 Å². The summed E-state index contributed by atoms with van der Waals surface area (Å²) in [5.41, 5.74) is -3.56. The Bertz CT molecular complexity index is 2120. The molecule has 2 bridgehead atoms. The zero-order valence-corrected chi connectivity index (χ0v) is 33.2. The number of nitrogens with one attached hydrogen (secondary N) is 3. The molecule has 2 aliphatic heterocycles. The Morgan fingerprint density at radius 3 is 2.34 bits per heavy atom. The van der Waals surface area contributed by atoms with Crippen LogP contribution in [0.1, 0.15) is 90.7 Å². The van der Waals surface area contributed by atoms with Gasteiger partial charge in [0.15, 0.2) is 5.69 Å². The Kier molecular flexibility index (Phi) is 10.1. The monoisotopic (exact) mass is 836 g/mol. The Morgan fingerprint density at radius 1 is 0.983 bits per heavy atom. The number of benzene rings is 1. The molecule has 14 nitrogen and oxygen atoms in total. The van der Waals surface area contributed by atoms with Crippen LogP contribution in [0.5, 0.6) is 5.88 Å². The van der Waals surface area contributed by atoms with E-state index < -0.39 is 124 Å². The number of alkyl halides is 4. The third-order valence-electron chi connectivity index (χ3n) is 12.7. The van der Waals surface area contributed by atoms with Crippen LogP contribution in [0.4, 0.5) is 22.4 Å². The number of nitrogens with zero attached hydrogens (tertiary/aromatic N) is 3. The van der Waals surface area contributed by atoms with Crippen molar-refractivity contribution in [2.75, 3.05) is 6.54 Å². The fraction of sp³-hybridized carbons (Fsp3) is 0.692. The molecule has 0 radical (unpaired) electrons. The summed E-state index contributed by atoms with van der Waals surface area (Å²) in [6.45, 7) is 4.65. The fourth-order valence-electron chi connectivity index (χ4n) is 9.18. The number of alkyl carbamates (subject to hydrolysis) is 1. The summed E-state index contributed by atoms with van der Waals surface area (Å²) in [7, 11) is -4.19. The molecular formula is C39H48F4N6O8S. The van der Waals surface area contributed by atoms with Gasteiger partial charge in [-0.3, -0.25) is 19.1 Å². The Hall–Kier alpha value is -4.29. The van der Waals surface area contributed by atoms with Crippen LogP contribution in [0, 0.1) is 29.1 Å². The van der Waals surface area contributed by atoms with Crippen molar-refractivity contribution in [2.45, 2.75) is 132 Å². The summed E-state index contributed by atoms with van der Waals surface area (Å²) in [5.74, 6) is -8.29. The lowest BCUT2D eigenvalue weighted by molar-refractivity contribution is -0.143. The number of hydrogen-bond acceptors (Lipinski definition) is 10. The molecule has 4 saturated carbocycles. The molecule has 6 aliphatic rings. The van der Waals surface area contributed by atoms with Crippen molar-refractivity contribution in [3.63, 3.8) is 0 Å². The van der Waals surface area contributed by atoms with Crippen LogP contribution in [0.3, 0.4) is 0 Å². The molecule has 9 atom stereocenters. The largest absolute Gasteiger partial charge is 0.471 e. The third kappa shape index (κ3) is 7.78. The summed E-state index contributed by atoms with van der Waals surface area (Å²) in [6, 6.07) is 3.54. The van der Waals surface area contributed by atoms with E-state index in [4.69, 9.17) is 9.47 Å². The molecule has 5 fully saturated rings. The second-order valence-corrected chi connectivity index (χ2v) is 20.0. The molecule has 4 aliphatic carbocycles. The normalized spacial score (nSPS) is 33.7. The minimum atomic E-state index is -4.19. The zero-order valence-electron chi connectivity index (χ0n) is 32.4. The molecule has 316 valence electrons. The molecule has 2 aromatic rings. The molecule has 58 heavy (non-hydrogen) atoms. The Balaban J connectivity index is 1.15. The first-order chi connectivity index (χ1) is 27.3. The number of hydrogen-bond donors (Lipinski definition) is 3. The topological polar surface area (TPSA) is 186 Å². The number of para-hydroxylation sites is 2. The van der Waals surface area contributed by atoms with Gasteiger partial charge in [-0.1, -0.05) is 39.3 Å². The zero-order chi connectivity index (χ0) is 41.5. The highest BCUT2D eigenvalue weighted by Gasteiger charge is 2.67. The lowest BCUT2D eigenvalue weighted by atomic mass is 9.85. The van der Waals surface area contributed by atoms with Crippen LogP contribution in [0.2, 0.25) is 0 Å². The average molecular weight is 837 g/mol. The molecule has 1 aromatic carbocycles. The number of halogens is 4. The van der Waals surface area contributed by atoms with E-state index in [1.54, 1.807) is 45.0 Å². The number of carbonyl (C=O) groups excluding carboxylic acids is 4. The minimum Gasteiger partial charge on any atom is -0.471 e. The molecule has 19 heteroatoms. The standard InChI is InChI=1S/C39H48F4N6O8S/c1-37(2,3)30-34(51)49-18-20(16-27(49)32(50)47-38(17-24(38)31(40)41)35(52)48-58(54,55)21-11-12-21)56-33-29(44-25-9-4-5-10-26(25)45-33)39(42,43)13-7-6-8-22-23-14-19(23)15-28(22)57-36(53)46-30/h4-5,9-10,19-24,27-28,30-31H,6-8,11-18H2,1-3H3,(H,46,53)(H,47,50)(H,48,52). The van der Waals surface area contributed by atoms with E-state index in [2.05, 4.69) is 20.6 Å². The van der Waals surface area contributed by atoms with E-state index in [0.29, 0.717) is 31.1 Å². The van der Waals surface area contributed by atoms with Crippen LogP contribution in [-0.4, -0.2) is 95.2 Å². The highest BCUT2D eigenvalue weighted by Crippen LogP contribution is 2.58. The number of aromatic nitrogens is 2. The van der Waals surface area contributed by atoms with E-state index >= 15 is 8.78 Å². The molecule has 4 amide bonds. The van der Waals surface area contributed by atoms with Crippen LogP contribution < -0.4 is 20.1 Å². The van der Waals surface area contributed by atoms with Crippen molar-refractivity contribution in [1.29, 1.82) is 0 Å². The van der Waals surface area contributed by atoms with Gasteiger partial charge in [0.2, 0.25) is 34.1 Å². The molecular weight excluding hydrogens is 789 g/mol. The maximum absolute atomic E-state index is 16.3. The number of fused-ring (bicyclic) bond motifs is 7. The summed E-state index contributed by atoms with van der Waals surface area (Å²) in [5, 5.41) is 4.20. The van der Waals surface area contributed by atoms with Crippen LogP contribution in [0.15, 0.2) is 24.3 Å². The first kappa shape index (κ1) is 40.5. The SMILES string of the molecule is CC(C)(C)C1NC(=O)OC2CC3CC3C2CCCCC(F)(F)c2nc3ccccc3nc2OC2CC(C(=O)NC3(C(=O)NS(=O)(=O)C4CC4)CC3C(F)F)N(C2)C1=O. The molecule has 3 heterocycles. The van der Waals surface area contributed by atoms with Crippen molar-refractivity contribution >= 4 is 44.9 Å². The number of ether oxygens (including phenoxy) is 2. The minimum absolute atomic E-state index is 0.0397. The van der Waals surface area contributed by atoms with E-state index in [9.17, 15) is 36.4 Å². The van der Waals surface area contributed by atoms with Crippen LogP contribution in [0.25, 0.3) is 11.0 Å². The van der Waals surface area contributed by atoms with Gasteiger partial charge in [-0.25, -0.2) is 32.0 Å². The summed E-state index contributed by atoms with van der Waals surface area (Å²) in [6.07, 6.45) is -3.86. The lowest BCUT2D eigenvalue weighted by Crippen LogP contribution is -2.60. The van der Waals surface area contributed by atoms with Gasteiger partial charge in [0.1, 0.15) is 29.8 Å². The summed E-state index contributed by atoms with van der Waals surface area (Å²) in [4.78, 5) is 65.7. The second kappa shape index (κ2) is 14.5. The van der Waals surface area contributed by atoms with Gasteiger partial charge >= 0.3 is 6.09 Å². The van der Waals surface area contributed by atoms with Crippen LogP contribution in [-0.2, 0) is 35.1 Å². The highest BCUT2D eigenvalue weighted by molar-refractivity contribution is 7.91. The predicted molar refractivity (Wildman–Crippen MR) is 198 cm³/mol. The average Bonchev–Trinajstić information content (AvgIpc) is 4.08. The van der Waals surface area contributed by atoms with Gasteiger partial charge in [-0.15, -0.1) is 0 Å². The number of carbonyl (C=O) groups is 4. The number of rotatable bonds is 6. The lowest BCUT2D eigenvalue weighted by Gasteiger charge is -2.36. The van der Waals surface area contributed by atoms with Crippen molar-refractivity contribution in [2.24, 2.45) is 29.1 Å². The van der Waals surface area contributed by atoms with Gasteiger partial charge in [-0.2, -0.15) is 8.78 Å². The maximum Gasteiger partial charge on any atom is 0.408 e. The maximum atomic E-state index is 16.3. The predicted octanol–water partition coefficient (Wildman–Crippen LogP) is 4.56. The Morgan fingerprint density at radius 2 is 1.69 bits per heavy atom. The quantitative estimate of drug-likeness (QED) is 0.349. The van der Waals surface area contributed by atoms with Crippen molar-refractivity contribution < 1.29 is 54.6 Å². The molecule has 8 rings (SSSR count). The molecule has 0 spiro atoms. The molecule has 1 saturated heterocycles. The van der Waals surface area contributed by atoms with E-state index in [-0.39, 0.29) is 42.6 Å². The van der Waals surface area contributed by atoms with Crippen molar-refractivity contribution in [3.05, 3.63) is 30.0 Å². The van der Waals surface area contributed by atoms with Gasteiger partial charge in [0.25, 0.3) is 11.8 Å². The number of sulfonamides is 1. The van der Waals surface area contributed by atoms with E-state index in [0.717, 1.165) is 11.3 Å². The third-order valence-corrected chi connectivity index (χ3v) is 14.6. The smallest absolute Gasteiger partial charge is 0.408 e. The van der Waals surface area contributed by atoms with Gasteiger partial charge in [-0.05, 0) is 80.2 Å². The van der Waals surface area contributed by atoms with Gasteiger partial charge in [0.05, 0.1) is 28.7 Å². The number of amides is 4. The van der Waals surface area contributed by atoms with Gasteiger partial charge < -0.3 is 25.0 Å². The molecule has 3 N–H and O–H groups in total. The van der Waals surface area contributed by atoms with Crippen LogP contribution >= 0.6 is 0 Å². The first-order valence-corrected chi connectivity index (χ1v) is 21.6. The highest BCUT2D eigenvalue weighted by atomic mass is 32.2. The van der Waals surface area contributed by atoms with Crippen molar-refractivity contribution in [1.82, 2.24) is 30.2 Å². The van der Waals surface area contributed by atoms with Crippen molar-refractivity contribution in [3.8, 4) is 5.88 Å². The summed E-state index contributed by atoms with van der Waals surface area (Å²) < 4.78 is 100.